The van der Waals surface area contributed by atoms with E-state index >= 15 is 0 Å². The van der Waals surface area contributed by atoms with Crippen LogP contribution in [-0.4, -0.2) is 57.1 Å². The fraction of sp³-hybridized carbons (Fsp3) is 0.421. The zero-order valence-corrected chi connectivity index (χ0v) is 16.6. The fourth-order valence-corrected chi connectivity index (χ4v) is 4.03. The van der Waals surface area contributed by atoms with Crippen LogP contribution in [0.1, 0.15) is 24.4 Å². The first-order chi connectivity index (χ1) is 13.7. The molecule has 0 atom stereocenters. The highest BCUT2D eigenvalue weighted by molar-refractivity contribution is 7.13. The third kappa shape index (κ3) is 4.36. The summed E-state index contributed by atoms with van der Waals surface area (Å²) in [6, 6.07) is 5.53. The van der Waals surface area contributed by atoms with Gasteiger partial charge in [0.2, 0.25) is 17.6 Å². The van der Waals surface area contributed by atoms with Gasteiger partial charge < -0.3 is 14.3 Å². The van der Waals surface area contributed by atoms with E-state index in [1.807, 2.05) is 30.0 Å². The molecule has 0 spiro atoms. The molecule has 1 aliphatic heterocycles. The Labute approximate surface area is 167 Å². The maximum atomic E-state index is 12.6. The van der Waals surface area contributed by atoms with E-state index in [0.717, 1.165) is 36.9 Å². The number of hydrogen-bond donors (Lipinski definition) is 0. The summed E-state index contributed by atoms with van der Waals surface area (Å²) in [7, 11) is 0. The number of pyridine rings is 1. The topological polar surface area (TPSA) is 88.2 Å². The number of rotatable bonds is 5. The molecule has 0 N–H and O–H groups in total. The molecule has 0 saturated carbocycles. The predicted molar refractivity (Wildman–Crippen MR) is 106 cm³/mol. The van der Waals surface area contributed by atoms with Gasteiger partial charge in [0.1, 0.15) is 5.69 Å². The van der Waals surface area contributed by atoms with Crippen molar-refractivity contribution < 1.29 is 9.32 Å². The van der Waals surface area contributed by atoms with Crippen molar-refractivity contribution >= 4 is 22.4 Å². The minimum absolute atomic E-state index is 0.120. The van der Waals surface area contributed by atoms with Crippen molar-refractivity contribution in [1.82, 2.24) is 25.0 Å². The van der Waals surface area contributed by atoms with E-state index in [1.54, 1.807) is 17.5 Å². The first kappa shape index (κ1) is 18.5. The first-order valence-electron chi connectivity index (χ1n) is 9.38. The number of anilines is 1. The molecule has 146 valence electrons. The highest BCUT2D eigenvalue weighted by Crippen LogP contribution is 2.21. The highest BCUT2D eigenvalue weighted by atomic mass is 32.1. The SMILES string of the molecule is Cc1csc(N2CCCN(C(=O)CCc3nc(-c4ccccn4)no3)CC2)n1. The van der Waals surface area contributed by atoms with Crippen molar-refractivity contribution in [2.24, 2.45) is 0 Å². The fourth-order valence-electron chi connectivity index (χ4n) is 3.17. The van der Waals surface area contributed by atoms with E-state index in [4.69, 9.17) is 4.52 Å². The maximum absolute atomic E-state index is 12.6. The van der Waals surface area contributed by atoms with E-state index in [9.17, 15) is 4.79 Å². The Balaban J connectivity index is 1.30. The van der Waals surface area contributed by atoms with Gasteiger partial charge in [0.15, 0.2) is 5.13 Å². The normalized spacial score (nSPS) is 14.9. The summed E-state index contributed by atoms with van der Waals surface area (Å²) in [4.78, 5) is 29.9. The third-order valence-corrected chi connectivity index (χ3v) is 5.66. The number of nitrogens with zero attached hydrogens (tertiary/aromatic N) is 6. The van der Waals surface area contributed by atoms with Crippen LogP contribution in [0.4, 0.5) is 5.13 Å². The number of aromatic nitrogens is 4. The quantitative estimate of drug-likeness (QED) is 0.653. The van der Waals surface area contributed by atoms with Crippen molar-refractivity contribution in [3.63, 3.8) is 0 Å². The van der Waals surface area contributed by atoms with E-state index in [0.29, 0.717) is 36.8 Å². The molecule has 28 heavy (non-hydrogen) atoms. The Bertz CT molecular complexity index is 925. The average Bonchev–Trinajstić information content (AvgIpc) is 3.30. The summed E-state index contributed by atoms with van der Waals surface area (Å²) in [6.45, 7) is 5.21. The average molecular weight is 398 g/mol. The smallest absolute Gasteiger partial charge is 0.227 e. The monoisotopic (exact) mass is 398 g/mol. The predicted octanol–water partition coefficient (Wildman–Crippen LogP) is 2.57. The summed E-state index contributed by atoms with van der Waals surface area (Å²) >= 11 is 1.66. The molecule has 3 aromatic rings. The Morgan fingerprint density at radius 3 is 2.93 bits per heavy atom. The molecule has 1 amide bonds. The number of aryl methyl sites for hydroxylation is 2. The number of carbonyl (C=O) groups is 1. The second-order valence-corrected chi connectivity index (χ2v) is 7.56. The number of thiazole rings is 1. The molecule has 0 aliphatic carbocycles. The molecule has 4 heterocycles. The van der Waals surface area contributed by atoms with Crippen LogP contribution >= 0.6 is 11.3 Å². The lowest BCUT2D eigenvalue weighted by atomic mass is 10.2. The van der Waals surface area contributed by atoms with Gasteiger partial charge in [-0.1, -0.05) is 11.2 Å². The molecule has 0 bridgehead atoms. The van der Waals surface area contributed by atoms with Crippen LogP contribution in [0, 0.1) is 6.92 Å². The van der Waals surface area contributed by atoms with Crippen molar-refractivity contribution in [3.05, 3.63) is 41.4 Å². The Morgan fingerprint density at radius 2 is 2.14 bits per heavy atom. The third-order valence-electron chi connectivity index (χ3n) is 4.64. The first-order valence-corrected chi connectivity index (χ1v) is 10.3. The van der Waals surface area contributed by atoms with Gasteiger partial charge in [-0.15, -0.1) is 11.3 Å². The minimum Gasteiger partial charge on any atom is -0.346 e. The Morgan fingerprint density at radius 1 is 1.21 bits per heavy atom. The highest BCUT2D eigenvalue weighted by Gasteiger charge is 2.21. The van der Waals surface area contributed by atoms with Gasteiger partial charge in [-0.25, -0.2) is 4.98 Å². The van der Waals surface area contributed by atoms with E-state index in [1.165, 1.54) is 0 Å². The van der Waals surface area contributed by atoms with Crippen LogP contribution in [0.15, 0.2) is 34.3 Å². The molecule has 3 aromatic heterocycles. The molecule has 1 fully saturated rings. The molecular formula is C19H22N6O2S. The van der Waals surface area contributed by atoms with Gasteiger partial charge in [-0.3, -0.25) is 9.78 Å². The lowest BCUT2D eigenvalue weighted by Crippen LogP contribution is -2.35. The zero-order valence-electron chi connectivity index (χ0n) is 15.7. The summed E-state index contributed by atoms with van der Waals surface area (Å²) in [5.74, 6) is 1.03. The van der Waals surface area contributed by atoms with Gasteiger partial charge in [-0.05, 0) is 25.5 Å². The number of hydrogen-bond acceptors (Lipinski definition) is 8. The van der Waals surface area contributed by atoms with E-state index in [2.05, 4.69) is 30.4 Å². The van der Waals surface area contributed by atoms with Crippen LogP contribution in [-0.2, 0) is 11.2 Å². The van der Waals surface area contributed by atoms with Gasteiger partial charge in [-0.2, -0.15) is 4.98 Å². The van der Waals surface area contributed by atoms with Crippen molar-refractivity contribution in [2.75, 3.05) is 31.1 Å². The lowest BCUT2D eigenvalue weighted by molar-refractivity contribution is -0.131. The second kappa shape index (κ2) is 8.47. The molecule has 0 radical (unpaired) electrons. The molecule has 0 unspecified atom stereocenters. The molecule has 4 rings (SSSR count). The largest absolute Gasteiger partial charge is 0.346 e. The molecule has 1 saturated heterocycles. The Kier molecular flexibility index (Phi) is 5.61. The maximum Gasteiger partial charge on any atom is 0.227 e. The van der Waals surface area contributed by atoms with Gasteiger partial charge in [0.25, 0.3) is 0 Å². The van der Waals surface area contributed by atoms with Crippen molar-refractivity contribution in [3.8, 4) is 11.5 Å². The summed E-state index contributed by atoms with van der Waals surface area (Å²) in [5, 5.41) is 7.06. The van der Waals surface area contributed by atoms with Crippen LogP contribution in [0.25, 0.3) is 11.5 Å². The van der Waals surface area contributed by atoms with Crippen LogP contribution in [0.2, 0.25) is 0 Å². The zero-order chi connectivity index (χ0) is 19.3. The van der Waals surface area contributed by atoms with Gasteiger partial charge in [0, 0.05) is 50.6 Å². The second-order valence-electron chi connectivity index (χ2n) is 6.72. The van der Waals surface area contributed by atoms with Crippen LogP contribution < -0.4 is 4.90 Å². The van der Waals surface area contributed by atoms with Crippen molar-refractivity contribution in [2.45, 2.75) is 26.2 Å². The standard InChI is InChI=1S/C19H22N6O2S/c1-14-13-28-19(21-14)25-10-4-9-24(11-12-25)17(26)7-6-16-22-18(23-27-16)15-5-2-3-8-20-15/h2-3,5,8,13H,4,6-7,9-12H2,1H3. The summed E-state index contributed by atoms with van der Waals surface area (Å²) in [5.41, 5.74) is 1.70. The van der Waals surface area contributed by atoms with Crippen LogP contribution in [0.5, 0.6) is 0 Å². The summed E-state index contributed by atoms with van der Waals surface area (Å²) < 4.78 is 5.27. The number of carbonyl (C=O) groups excluding carboxylic acids is 1. The molecule has 0 aromatic carbocycles. The van der Waals surface area contributed by atoms with Gasteiger partial charge in [0.05, 0.1) is 5.69 Å². The summed E-state index contributed by atoms with van der Waals surface area (Å²) in [6.07, 6.45) is 3.42. The van der Waals surface area contributed by atoms with Crippen molar-refractivity contribution in [1.29, 1.82) is 0 Å². The number of amides is 1. The molecular weight excluding hydrogens is 376 g/mol. The van der Waals surface area contributed by atoms with E-state index in [-0.39, 0.29) is 5.91 Å². The lowest BCUT2D eigenvalue weighted by Gasteiger charge is -2.21. The van der Waals surface area contributed by atoms with Crippen LogP contribution in [0.3, 0.4) is 0 Å². The van der Waals surface area contributed by atoms with Gasteiger partial charge >= 0.3 is 0 Å². The van der Waals surface area contributed by atoms with E-state index < -0.39 is 0 Å². The molecule has 8 nitrogen and oxygen atoms in total. The minimum atomic E-state index is 0.120. The molecule has 9 heteroatoms. The Hall–Kier alpha value is -2.81. The molecule has 1 aliphatic rings.